The van der Waals surface area contributed by atoms with E-state index in [1.807, 2.05) is 42.5 Å². The first-order valence-corrected chi connectivity index (χ1v) is 9.06. The summed E-state index contributed by atoms with van der Waals surface area (Å²) < 4.78 is 19.4. The number of halogens is 2. The summed E-state index contributed by atoms with van der Waals surface area (Å²) in [7, 11) is 1.63. The summed E-state index contributed by atoms with van der Waals surface area (Å²) >= 11 is 3.52. The van der Waals surface area contributed by atoms with Gasteiger partial charge in [-0.15, -0.1) is 0 Å². The molecule has 3 aromatic rings. The summed E-state index contributed by atoms with van der Waals surface area (Å²) in [5.41, 5.74) is 7.14. The molecule has 0 atom stereocenters. The fourth-order valence-electron chi connectivity index (χ4n) is 2.82. The Morgan fingerprint density at radius 3 is 2.33 bits per heavy atom. The lowest BCUT2D eigenvalue weighted by Gasteiger charge is -2.09. The molecule has 0 saturated heterocycles. The molecule has 1 heterocycles. The second-order valence-electron chi connectivity index (χ2n) is 5.93. The molecule has 0 amide bonds. The first kappa shape index (κ1) is 17.4. The maximum Gasteiger partial charge on any atom is 0.154 e. The van der Waals surface area contributed by atoms with E-state index in [-0.39, 0.29) is 5.82 Å². The monoisotopic (exact) mass is 423 g/mol. The molecular formula is C21H15BrFN3O. The molecule has 3 aromatic carbocycles. The average molecular weight is 424 g/mol. The van der Waals surface area contributed by atoms with Crippen LogP contribution in [-0.4, -0.2) is 18.7 Å². The van der Waals surface area contributed by atoms with Gasteiger partial charge in [0.2, 0.25) is 0 Å². The molecule has 4 rings (SSSR count). The van der Waals surface area contributed by atoms with E-state index >= 15 is 0 Å². The van der Waals surface area contributed by atoms with Crippen LogP contribution in [0.4, 0.5) is 10.1 Å². The zero-order valence-corrected chi connectivity index (χ0v) is 16.0. The SMILES string of the molecule is COc1ccc(C2=NNC(c3ccc(F)cc3)=Nc3ccc(Br)cc32)cc1. The van der Waals surface area contributed by atoms with Gasteiger partial charge in [-0.05, 0) is 66.7 Å². The number of aliphatic imine (C=N–C) groups is 1. The highest BCUT2D eigenvalue weighted by Crippen LogP contribution is 2.29. The van der Waals surface area contributed by atoms with E-state index in [9.17, 15) is 4.39 Å². The lowest BCUT2D eigenvalue weighted by molar-refractivity contribution is 0.415. The first-order chi connectivity index (χ1) is 13.1. The Morgan fingerprint density at radius 1 is 0.926 bits per heavy atom. The minimum atomic E-state index is -0.292. The van der Waals surface area contributed by atoms with Crippen molar-refractivity contribution in [2.75, 3.05) is 7.11 Å². The van der Waals surface area contributed by atoms with Gasteiger partial charge in [-0.3, -0.25) is 5.43 Å². The molecule has 0 spiro atoms. The van der Waals surface area contributed by atoms with Crippen LogP contribution in [0.25, 0.3) is 0 Å². The third-order valence-electron chi connectivity index (χ3n) is 4.20. The van der Waals surface area contributed by atoms with Crippen molar-refractivity contribution in [3.8, 4) is 5.75 Å². The highest BCUT2D eigenvalue weighted by Gasteiger charge is 2.17. The maximum atomic E-state index is 13.3. The number of nitrogens with one attached hydrogen (secondary N) is 1. The quantitative estimate of drug-likeness (QED) is 0.641. The second-order valence-corrected chi connectivity index (χ2v) is 6.85. The van der Waals surface area contributed by atoms with Crippen LogP contribution in [-0.2, 0) is 0 Å². The number of ether oxygens (including phenoxy) is 1. The number of methoxy groups -OCH3 is 1. The second kappa shape index (κ2) is 7.32. The van der Waals surface area contributed by atoms with Gasteiger partial charge < -0.3 is 4.74 Å². The van der Waals surface area contributed by atoms with E-state index in [0.717, 1.165) is 38.3 Å². The summed E-state index contributed by atoms with van der Waals surface area (Å²) in [5, 5.41) is 4.59. The van der Waals surface area contributed by atoms with E-state index in [1.165, 1.54) is 12.1 Å². The molecule has 6 heteroatoms. The molecule has 0 saturated carbocycles. The third kappa shape index (κ3) is 3.61. The topological polar surface area (TPSA) is 46.0 Å². The van der Waals surface area contributed by atoms with Gasteiger partial charge in [0.25, 0.3) is 0 Å². The molecule has 0 unspecified atom stereocenters. The summed E-state index contributed by atoms with van der Waals surface area (Å²) in [4.78, 5) is 4.71. The standard InChI is InChI=1S/C21H15BrFN3O/c1-27-17-9-4-13(5-10-17)20-18-12-15(22)6-11-19(18)24-21(26-25-20)14-2-7-16(23)8-3-14/h2-12H,1H3,(H,24,26). The van der Waals surface area contributed by atoms with Gasteiger partial charge in [0.05, 0.1) is 12.8 Å². The summed E-state index contributed by atoms with van der Waals surface area (Å²) in [6, 6.07) is 19.7. The van der Waals surface area contributed by atoms with Crippen LogP contribution in [0.1, 0.15) is 16.7 Å². The fourth-order valence-corrected chi connectivity index (χ4v) is 3.18. The van der Waals surface area contributed by atoms with Gasteiger partial charge in [-0.1, -0.05) is 15.9 Å². The predicted molar refractivity (Wildman–Crippen MR) is 109 cm³/mol. The minimum Gasteiger partial charge on any atom is -0.497 e. The Balaban J connectivity index is 1.83. The van der Waals surface area contributed by atoms with Crippen LogP contribution in [0.3, 0.4) is 0 Å². The van der Waals surface area contributed by atoms with Crippen LogP contribution >= 0.6 is 15.9 Å². The highest BCUT2D eigenvalue weighted by molar-refractivity contribution is 9.10. The number of hydrogen-bond donors (Lipinski definition) is 1. The van der Waals surface area contributed by atoms with Crippen LogP contribution in [0.2, 0.25) is 0 Å². The third-order valence-corrected chi connectivity index (χ3v) is 4.69. The maximum absolute atomic E-state index is 13.3. The molecule has 27 heavy (non-hydrogen) atoms. The van der Waals surface area contributed by atoms with Gasteiger partial charge in [0.15, 0.2) is 5.84 Å². The summed E-state index contributed by atoms with van der Waals surface area (Å²) in [5.74, 6) is 1.04. The molecule has 4 nitrogen and oxygen atoms in total. The van der Waals surface area contributed by atoms with Crippen LogP contribution in [0.5, 0.6) is 5.75 Å². The zero-order chi connectivity index (χ0) is 18.8. The van der Waals surface area contributed by atoms with Crippen molar-refractivity contribution in [1.29, 1.82) is 0 Å². The molecule has 0 bridgehead atoms. The van der Waals surface area contributed by atoms with Crippen LogP contribution in [0.15, 0.2) is 81.3 Å². The van der Waals surface area contributed by atoms with Crippen molar-refractivity contribution in [2.24, 2.45) is 10.1 Å². The molecule has 0 aromatic heterocycles. The molecule has 1 aliphatic heterocycles. The number of amidine groups is 1. The Hall–Kier alpha value is -2.99. The number of benzene rings is 3. The van der Waals surface area contributed by atoms with Crippen LogP contribution < -0.4 is 10.2 Å². The van der Waals surface area contributed by atoms with Gasteiger partial charge in [-0.25, -0.2) is 9.38 Å². The van der Waals surface area contributed by atoms with Crippen molar-refractivity contribution in [3.05, 3.63) is 93.7 Å². The Kier molecular flexibility index (Phi) is 4.73. The minimum absolute atomic E-state index is 0.292. The lowest BCUT2D eigenvalue weighted by atomic mass is 10.0. The number of rotatable bonds is 3. The van der Waals surface area contributed by atoms with E-state index in [1.54, 1.807) is 19.2 Å². The Bertz CT molecular complexity index is 1040. The van der Waals surface area contributed by atoms with Crippen molar-refractivity contribution in [3.63, 3.8) is 0 Å². The highest BCUT2D eigenvalue weighted by atomic mass is 79.9. The molecule has 134 valence electrons. The van der Waals surface area contributed by atoms with E-state index in [0.29, 0.717) is 5.84 Å². The van der Waals surface area contributed by atoms with Gasteiger partial charge >= 0.3 is 0 Å². The van der Waals surface area contributed by atoms with Crippen LogP contribution in [0, 0.1) is 5.82 Å². The number of nitrogens with zero attached hydrogens (tertiary/aromatic N) is 2. The normalized spacial score (nSPS) is 13.0. The molecular weight excluding hydrogens is 409 g/mol. The summed E-state index contributed by atoms with van der Waals surface area (Å²) in [6.07, 6.45) is 0. The summed E-state index contributed by atoms with van der Waals surface area (Å²) in [6.45, 7) is 0. The molecule has 1 N–H and O–H groups in total. The fraction of sp³-hybridized carbons (Fsp3) is 0.0476. The number of hydrazone groups is 1. The lowest BCUT2D eigenvalue weighted by Crippen LogP contribution is -2.19. The average Bonchev–Trinajstić information content (AvgIpc) is 2.88. The molecule has 0 radical (unpaired) electrons. The molecule has 0 aliphatic carbocycles. The van der Waals surface area contributed by atoms with Crippen molar-refractivity contribution in [2.45, 2.75) is 0 Å². The van der Waals surface area contributed by atoms with E-state index in [4.69, 9.17) is 9.73 Å². The van der Waals surface area contributed by atoms with Crippen molar-refractivity contribution < 1.29 is 9.13 Å². The smallest absolute Gasteiger partial charge is 0.154 e. The van der Waals surface area contributed by atoms with Gasteiger partial charge in [0.1, 0.15) is 17.3 Å². The first-order valence-electron chi connectivity index (χ1n) is 8.27. The Labute approximate surface area is 164 Å². The zero-order valence-electron chi connectivity index (χ0n) is 14.4. The molecule has 1 aliphatic rings. The van der Waals surface area contributed by atoms with E-state index < -0.39 is 0 Å². The predicted octanol–water partition coefficient (Wildman–Crippen LogP) is 5.03. The van der Waals surface area contributed by atoms with Crippen molar-refractivity contribution in [1.82, 2.24) is 5.43 Å². The largest absolute Gasteiger partial charge is 0.497 e. The Morgan fingerprint density at radius 2 is 1.63 bits per heavy atom. The number of hydrogen-bond acceptors (Lipinski definition) is 4. The van der Waals surface area contributed by atoms with Gasteiger partial charge in [0, 0.05) is 21.2 Å². The number of fused-ring (bicyclic) bond motifs is 1. The molecule has 0 fully saturated rings. The van der Waals surface area contributed by atoms with Gasteiger partial charge in [-0.2, -0.15) is 5.10 Å². The van der Waals surface area contributed by atoms with Crippen molar-refractivity contribution >= 4 is 33.2 Å². The van der Waals surface area contributed by atoms with E-state index in [2.05, 4.69) is 26.5 Å².